The number of aliphatic hydroxyl groups excluding tert-OH is 1. The Morgan fingerprint density at radius 3 is 2.95 bits per heavy atom. The van der Waals surface area contributed by atoms with Crippen LogP contribution in [0.3, 0.4) is 0 Å². The number of carbonyl (C=O) groups excluding carboxylic acids is 1. The highest BCUT2D eigenvalue weighted by molar-refractivity contribution is 6.03. The molecule has 0 aliphatic rings. The predicted octanol–water partition coefficient (Wildman–Crippen LogP) is 1.16. The zero-order valence-corrected chi connectivity index (χ0v) is 10.7. The van der Waals surface area contributed by atoms with Crippen LogP contribution in [0.25, 0.3) is 0 Å². The number of amides is 1. The molecule has 1 aromatic heterocycles. The normalized spacial score (nSPS) is 9.75. The van der Waals surface area contributed by atoms with Crippen LogP contribution in [0.1, 0.15) is 16.1 Å². The number of hydrogen-bond acceptors (Lipinski definition) is 3. The van der Waals surface area contributed by atoms with Gasteiger partial charge >= 0.3 is 0 Å². The molecule has 5 nitrogen and oxygen atoms in total. The molecule has 0 atom stereocenters. The number of rotatable bonds is 2. The summed E-state index contributed by atoms with van der Waals surface area (Å²) in [5.41, 5.74) is 0.907. The van der Waals surface area contributed by atoms with Crippen molar-refractivity contribution in [2.75, 3.05) is 11.9 Å². The topological polar surface area (TPSA) is 67.2 Å². The lowest BCUT2D eigenvalue weighted by atomic mass is 10.1. The Balaban J connectivity index is 2.26. The SMILES string of the molecule is Cn1ccc(C(=O)Nc2ccc(F)cc2C#CCO)n1. The molecule has 0 bridgehead atoms. The number of carbonyl (C=O) groups is 1. The summed E-state index contributed by atoms with van der Waals surface area (Å²) in [5, 5.41) is 15.3. The van der Waals surface area contributed by atoms with Crippen LogP contribution < -0.4 is 5.32 Å². The van der Waals surface area contributed by atoms with Gasteiger partial charge < -0.3 is 10.4 Å². The summed E-state index contributed by atoms with van der Waals surface area (Å²) in [6.45, 7) is -0.343. The van der Waals surface area contributed by atoms with Crippen LogP contribution in [0, 0.1) is 17.7 Å². The molecule has 0 aliphatic carbocycles. The second kappa shape index (κ2) is 5.99. The van der Waals surface area contributed by atoms with E-state index in [9.17, 15) is 9.18 Å². The molecule has 0 aliphatic heterocycles. The number of nitrogens with zero attached hydrogens (tertiary/aromatic N) is 2. The highest BCUT2D eigenvalue weighted by atomic mass is 19.1. The van der Waals surface area contributed by atoms with Gasteiger partial charge in [0.2, 0.25) is 0 Å². The quantitative estimate of drug-likeness (QED) is 0.807. The number of anilines is 1. The Bertz CT molecular complexity index is 698. The standard InChI is InChI=1S/C14H12FN3O2/c1-18-7-6-13(17-18)14(20)16-12-5-4-11(15)9-10(12)3-2-8-19/h4-7,9,19H,8H2,1H3,(H,16,20). The van der Waals surface area contributed by atoms with Crippen LogP contribution in [-0.4, -0.2) is 27.4 Å². The number of aromatic nitrogens is 2. The van der Waals surface area contributed by atoms with E-state index in [0.717, 1.165) is 0 Å². The number of halogens is 1. The van der Waals surface area contributed by atoms with E-state index in [1.165, 1.54) is 22.9 Å². The maximum absolute atomic E-state index is 13.2. The molecule has 0 fully saturated rings. The highest BCUT2D eigenvalue weighted by Gasteiger charge is 2.11. The summed E-state index contributed by atoms with van der Waals surface area (Å²) in [6.07, 6.45) is 1.64. The van der Waals surface area contributed by atoms with Crippen molar-refractivity contribution < 1.29 is 14.3 Å². The lowest BCUT2D eigenvalue weighted by molar-refractivity contribution is 0.102. The van der Waals surface area contributed by atoms with Gasteiger partial charge in [0.1, 0.15) is 12.4 Å². The monoisotopic (exact) mass is 273 g/mol. The third kappa shape index (κ3) is 3.22. The number of aliphatic hydroxyl groups is 1. The van der Waals surface area contributed by atoms with Crippen molar-refractivity contribution in [1.29, 1.82) is 0 Å². The van der Waals surface area contributed by atoms with Gasteiger partial charge in [-0.05, 0) is 24.3 Å². The Labute approximate surface area is 115 Å². The van der Waals surface area contributed by atoms with Gasteiger partial charge in [-0.15, -0.1) is 0 Å². The zero-order chi connectivity index (χ0) is 14.5. The first-order valence-electron chi connectivity index (χ1n) is 5.80. The molecule has 2 N–H and O–H groups in total. The smallest absolute Gasteiger partial charge is 0.276 e. The van der Waals surface area contributed by atoms with Crippen LogP contribution in [0.15, 0.2) is 30.5 Å². The first-order chi connectivity index (χ1) is 9.60. The second-order valence-corrected chi connectivity index (χ2v) is 3.98. The fraction of sp³-hybridized carbons (Fsp3) is 0.143. The molecule has 0 radical (unpaired) electrons. The maximum atomic E-state index is 13.2. The molecular weight excluding hydrogens is 261 g/mol. The average molecular weight is 273 g/mol. The van der Waals surface area contributed by atoms with Gasteiger partial charge in [-0.3, -0.25) is 9.48 Å². The third-order valence-electron chi connectivity index (χ3n) is 2.48. The fourth-order valence-electron chi connectivity index (χ4n) is 1.59. The molecule has 1 aromatic carbocycles. The minimum atomic E-state index is -0.469. The molecule has 6 heteroatoms. The van der Waals surface area contributed by atoms with E-state index in [-0.39, 0.29) is 12.3 Å². The summed E-state index contributed by atoms with van der Waals surface area (Å²) < 4.78 is 14.7. The Morgan fingerprint density at radius 1 is 1.50 bits per heavy atom. The van der Waals surface area contributed by atoms with Crippen LogP contribution in [0.2, 0.25) is 0 Å². The summed E-state index contributed by atoms with van der Waals surface area (Å²) in [6, 6.07) is 5.39. The van der Waals surface area contributed by atoms with Crippen molar-refractivity contribution in [2.45, 2.75) is 0 Å². The van der Waals surface area contributed by atoms with Crippen molar-refractivity contribution in [3.05, 3.63) is 47.5 Å². The molecule has 0 unspecified atom stereocenters. The zero-order valence-electron chi connectivity index (χ0n) is 10.7. The first-order valence-corrected chi connectivity index (χ1v) is 5.80. The molecule has 0 spiro atoms. The van der Waals surface area contributed by atoms with Gasteiger partial charge in [-0.2, -0.15) is 5.10 Å². The maximum Gasteiger partial charge on any atom is 0.276 e. The summed E-state index contributed by atoms with van der Waals surface area (Å²) in [7, 11) is 1.70. The van der Waals surface area contributed by atoms with E-state index in [0.29, 0.717) is 11.3 Å². The first kappa shape index (κ1) is 13.8. The van der Waals surface area contributed by atoms with Gasteiger partial charge in [0.05, 0.1) is 11.3 Å². The van der Waals surface area contributed by atoms with Gasteiger partial charge in [0.15, 0.2) is 5.69 Å². The van der Waals surface area contributed by atoms with Crippen molar-refractivity contribution in [3.63, 3.8) is 0 Å². The van der Waals surface area contributed by atoms with E-state index in [4.69, 9.17) is 5.11 Å². The number of aryl methyl sites for hydroxylation is 1. The lowest BCUT2D eigenvalue weighted by Gasteiger charge is -2.06. The summed E-state index contributed by atoms with van der Waals surface area (Å²) >= 11 is 0. The largest absolute Gasteiger partial charge is 0.384 e. The molecule has 1 heterocycles. The minimum absolute atomic E-state index is 0.248. The molecule has 1 amide bonds. The third-order valence-corrected chi connectivity index (χ3v) is 2.48. The second-order valence-electron chi connectivity index (χ2n) is 3.98. The van der Waals surface area contributed by atoms with Gasteiger partial charge in [-0.25, -0.2) is 4.39 Å². The number of nitrogens with one attached hydrogen (secondary N) is 1. The van der Waals surface area contributed by atoms with Crippen molar-refractivity contribution in [2.24, 2.45) is 7.05 Å². The van der Waals surface area contributed by atoms with Gasteiger partial charge in [-0.1, -0.05) is 11.8 Å². The predicted molar refractivity (Wildman–Crippen MR) is 71.5 cm³/mol. The van der Waals surface area contributed by atoms with E-state index >= 15 is 0 Å². The van der Waals surface area contributed by atoms with E-state index in [1.807, 2.05) is 0 Å². The van der Waals surface area contributed by atoms with Crippen LogP contribution in [-0.2, 0) is 7.05 Å². The van der Waals surface area contributed by atoms with E-state index < -0.39 is 11.7 Å². The molecule has 20 heavy (non-hydrogen) atoms. The molecule has 0 saturated heterocycles. The number of hydrogen-bond donors (Lipinski definition) is 2. The van der Waals surface area contributed by atoms with Crippen molar-refractivity contribution in [3.8, 4) is 11.8 Å². The molecule has 102 valence electrons. The summed E-state index contributed by atoms with van der Waals surface area (Å²) in [5.74, 6) is 4.12. The molecule has 2 aromatic rings. The molecular formula is C14H12FN3O2. The Morgan fingerprint density at radius 2 is 2.30 bits per heavy atom. The van der Waals surface area contributed by atoms with Crippen LogP contribution >= 0.6 is 0 Å². The molecule has 2 rings (SSSR count). The Kier molecular flexibility index (Phi) is 4.13. The van der Waals surface area contributed by atoms with Crippen molar-refractivity contribution in [1.82, 2.24) is 9.78 Å². The van der Waals surface area contributed by atoms with Gasteiger partial charge in [0.25, 0.3) is 5.91 Å². The van der Waals surface area contributed by atoms with Gasteiger partial charge in [0, 0.05) is 13.2 Å². The Hall–Kier alpha value is -2.65. The van der Waals surface area contributed by atoms with E-state index in [1.54, 1.807) is 19.3 Å². The minimum Gasteiger partial charge on any atom is -0.384 e. The highest BCUT2D eigenvalue weighted by Crippen LogP contribution is 2.16. The van der Waals surface area contributed by atoms with Crippen LogP contribution in [0.5, 0.6) is 0 Å². The van der Waals surface area contributed by atoms with Crippen molar-refractivity contribution >= 4 is 11.6 Å². The molecule has 0 saturated carbocycles. The van der Waals surface area contributed by atoms with E-state index in [2.05, 4.69) is 22.3 Å². The van der Waals surface area contributed by atoms with Crippen LogP contribution in [0.4, 0.5) is 10.1 Å². The lowest BCUT2D eigenvalue weighted by Crippen LogP contribution is -2.14. The number of benzene rings is 1. The summed E-state index contributed by atoms with van der Waals surface area (Å²) in [4.78, 5) is 12.0. The average Bonchev–Trinajstić information content (AvgIpc) is 2.85. The fourth-order valence-corrected chi connectivity index (χ4v) is 1.59.